The van der Waals surface area contributed by atoms with Gasteiger partial charge in [0.05, 0.1) is 19.6 Å². The van der Waals surface area contributed by atoms with Gasteiger partial charge in [-0.2, -0.15) is 0 Å². The van der Waals surface area contributed by atoms with Crippen LogP contribution in [0.15, 0.2) is 30.3 Å². The number of aromatic nitrogens is 2. The average molecular weight is 409 g/mol. The molecule has 2 aliphatic rings. The van der Waals surface area contributed by atoms with Crippen molar-refractivity contribution in [3.63, 3.8) is 0 Å². The number of nitrogens with zero attached hydrogens (tertiary/aromatic N) is 4. The van der Waals surface area contributed by atoms with Crippen LogP contribution in [0.25, 0.3) is 0 Å². The van der Waals surface area contributed by atoms with Gasteiger partial charge in [-0.25, -0.2) is 9.97 Å². The lowest BCUT2D eigenvalue weighted by atomic mass is 10.1. The summed E-state index contributed by atoms with van der Waals surface area (Å²) in [5.74, 6) is 1.66. The van der Waals surface area contributed by atoms with E-state index in [1.54, 1.807) is 12.0 Å². The fraction of sp³-hybridized carbons (Fsp3) is 0.455. The minimum absolute atomic E-state index is 0.0524. The standard InChI is InChI=1S/C22H27N5O3/c1-15-11-20(26-9-3-4-10-26)25-19(24-15)13-23-22(29)16-12-21(28)27(14-16)17-5-7-18(30-2)8-6-17/h5-8,11,16H,3-4,9-10,12-14H2,1-2H3,(H,23,29). The quantitative estimate of drug-likeness (QED) is 0.786. The lowest BCUT2D eigenvalue weighted by Crippen LogP contribution is -2.33. The first kappa shape index (κ1) is 20.1. The number of ether oxygens (including phenoxy) is 1. The molecule has 2 aliphatic heterocycles. The van der Waals surface area contributed by atoms with E-state index in [1.807, 2.05) is 37.3 Å². The number of carbonyl (C=O) groups excluding carboxylic acids is 2. The Morgan fingerprint density at radius 3 is 2.63 bits per heavy atom. The average Bonchev–Trinajstić information content (AvgIpc) is 3.42. The third kappa shape index (κ3) is 4.37. The maximum atomic E-state index is 12.7. The Bertz CT molecular complexity index is 925. The fourth-order valence-electron chi connectivity index (χ4n) is 4.00. The van der Waals surface area contributed by atoms with Crippen LogP contribution in [0.2, 0.25) is 0 Å². The number of methoxy groups -OCH3 is 1. The maximum Gasteiger partial charge on any atom is 0.227 e. The van der Waals surface area contributed by atoms with Gasteiger partial charge in [-0.05, 0) is 44.0 Å². The summed E-state index contributed by atoms with van der Waals surface area (Å²) < 4.78 is 5.16. The first-order chi connectivity index (χ1) is 14.5. The first-order valence-corrected chi connectivity index (χ1v) is 10.3. The number of hydrogen-bond acceptors (Lipinski definition) is 6. The highest BCUT2D eigenvalue weighted by Crippen LogP contribution is 2.27. The molecule has 2 saturated heterocycles. The van der Waals surface area contributed by atoms with Crippen molar-refractivity contribution in [2.45, 2.75) is 32.7 Å². The van der Waals surface area contributed by atoms with Crippen molar-refractivity contribution in [2.24, 2.45) is 5.92 Å². The smallest absolute Gasteiger partial charge is 0.227 e. The van der Waals surface area contributed by atoms with E-state index in [2.05, 4.69) is 20.2 Å². The molecule has 1 atom stereocenters. The molecule has 1 aromatic heterocycles. The summed E-state index contributed by atoms with van der Waals surface area (Å²) in [5.41, 5.74) is 1.66. The Hall–Kier alpha value is -3.16. The van der Waals surface area contributed by atoms with Crippen LogP contribution in [0, 0.1) is 12.8 Å². The van der Waals surface area contributed by atoms with Gasteiger partial charge >= 0.3 is 0 Å². The van der Waals surface area contributed by atoms with Gasteiger partial charge < -0.3 is 19.9 Å². The van der Waals surface area contributed by atoms with E-state index in [1.165, 1.54) is 12.8 Å². The highest BCUT2D eigenvalue weighted by atomic mass is 16.5. The van der Waals surface area contributed by atoms with Crippen molar-refractivity contribution in [3.05, 3.63) is 41.9 Å². The van der Waals surface area contributed by atoms with Crippen LogP contribution in [0.3, 0.4) is 0 Å². The van der Waals surface area contributed by atoms with E-state index >= 15 is 0 Å². The van der Waals surface area contributed by atoms with Gasteiger partial charge in [0.25, 0.3) is 0 Å². The number of carbonyl (C=O) groups is 2. The summed E-state index contributed by atoms with van der Waals surface area (Å²) in [7, 11) is 1.60. The second kappa shape index (κ2) is 8.69. The molecule has 0 spiro atoms. The zero-order chi connectivity index (χ0) is 21.1. The van der Waals surface area contributed by atoms with Gasteiger partial charge in [0, 0.05) is 43.5 Å². The summed E-state index contributed by atoms with van der Waals surface area (Å²) >= 11 is 0. The van der Waals surface area contributed by atoms with Gasteiger partial charge in [-0.1, -0.05) is 0 Å². The lowest BCUT2D eigenvalue weighted by molar-refractivity contribution is -0.126. The summed E-state index contributed by atoms with van der Waals surface area (Å²) in [6, 6.07) is 9.26. The molecule has 0 aliphatic carbocycles. The Balaban J connectivity index is 1.37. The third-order valence-corrected chi connectivity index (χ3v) is 5.62. The van der Waals surface area contributed by atoms with Crippen LogP contribution < -0.4 is 19.9 Å². The van der Waals surface area contributed by atoms with Crippen molar-refractivity contribution in [2.75, 3.05) is 36.5 Å². The van der Waals surface area contributed by atoms with Gasteiger partial charge in [0.1, 0.15) is 17.4 Å². The molecule has 3 heterocycles. The number of benzene rings is 1. The van der Waals surface area contributed by atoms with Crippen LogP contribution in [-0.2, 0) is 16.1 Å². The normalized spacial score (nSPS) is 18.7. The van der Waals surface area contributed by atoms with Gasteiger partial charge in [-0.15, -0.1) is 0 Å². The van der Waals surface area contributed by atoms with E-state index in [0.717, 1.165) is 36.0 Å². The van der Waals surface area contributed by atoms with Crippen molar-refractivity contribution in [1.82, 2.24) is 15.3 Å². The number of aryl methyl sites for hydroxylation is 1. The zero-order valence-electron chi connectivity index (χ0n) is 17.4. The van der Waals surface area contributed by atoms with E-state index in [0.29, 0.717) is 12.4 Å². The molecule has 8 heteroatoms. The van der Waals surface area contributed by atoms with E-state index in [4.69, 9.17) is 4.74 Å². The summed E-state index contributed by atoms with van der Waals surface area (Å²) in [6.07, 6.45) is 2.55. The number of hydrogen-bond donors (Lipinski definition) is 1. The van der Waals surface area contributed by atoms with Crippen molar-refractivity contribution in [3.8, 4) is 5.75 Å². The third-order valence-electron chi connectivity index (χ3n) is 5.62. The van der Waals surface area contributed by atoms with Crippen LogP contribution in [0.1, 0.15) is 30.8 Å². The predicted molar refractivity (Wildman–Crippen MR) is 114 cm³/mol. The van der Waals surface area contributed by atoms with Crippen molar-refractivity contribution in [1.29, 1.82) is 0 Å². The Kier molecular flexibility index (Phi) is 5.83. The maximum absolute atomic E-state index is 12.7. The van der Waals surface area contributed by atoms with E-state index in [9.17, 15) is 9.59 Å². The Morgan fingerprint density at radius 1 is 1.20 bits per heavy atom. The van der Waals surface area contributed by atoms with Gasteiger partial charge in [-0.3, -0.25) is 9.59 Å². The predicted octanol–water partition coefficient (Wildman–Crippen LogP) is 2.06. The first-order valence-electron chi connectivity index (χ1n) is 10.3. The van der Waals surface area contributed by atoms with Crippen LogP contribution >= 0.6 is 0 Å². The molecule has 2 aromatic rings. The topological polar surface area (TPSA) is 87.7 Å². The highest BCUT2D eigenvalue weighted by molar-refractivity contribution is 6.00. The molecule has 30 heavy (non-hydrogen) atoms. The molecule has 4 rings (SSSR count). The minimum Gasteiger partial charge on any atom is -0.497 e. The largest absolute Gasteiger partial charge is 0.497 e. The second-order valence-corrected chi connectivity index (χ2v) is 7.80. The van der Waals surface area contributed by atoms with Crippen LogP contribution in [0.5, 0.6) is 5.75 Å². The van der Waals surface area contributed by atoms with E-state index < -0.39 is 0 Å². The van der Waals surface area contributed by atoms with E-state index in [-0.39, 0.29) is 30.7 Å². The molecule has 0 radical (unpaired) electrons. The molecule has 1 unspecified atom stereocenters. The molecule has 0 bridgehead atoms. The lowest BCUT2D eigenvalue weighted by Gasteiger charge is -2.18. The van der Waals surface area contributed by atoms with Crippen molar-refractivity contribution >= 4 is 23.3 Å². The molecule has 8 nitrogen and oxygen atoms in total. The highest BCUT2D eigenvalue weighted by Gasteiger charge is 2.35. The molecule has 158 valence electrons. The minimum atomic E-state index is -0.387. The molecule has 2 amide bonds. The number of anilines is 2. The van der Waals surface area contributed by atoms with Gasteiger partial charge in [0.15, 0.2) is 0 Å². The van der Waals surface area contributed by atoms with Gasteiger partial charge in [0.2, 0.25) is 11.8 Å². The Labute approximate surface area is 176 Å². The summed E-state index contributed by atoms with van der Waals surface area (Å²) in [6.45, 7) is 4.58. The number of nitrogens with one attached hydrogen (secondary N) is 1. The van der Waals surface area contributed by atoms with Crippen LogP contribution in [-0.4, -0.2) is 48.5 Å². The molecular formula is C22H27N5O3. The molecular weight excluding hydrogens is 382 g/mol. The molecule has 0 saturated carbocycles. The zero-order valence-corrected chi connectivity index (χ0v) is 17.4. The molecule has 2 fully saturated rings. The molecule has 1 aromatic carbocycles. The Morgan fingerprint density at radius 2 is 1.93 bits per heavy atom. The monoisotopic (exact) mass is 409 g/mol. The second-order valence-electron chi connectivity index (χ2n) is 7.80. The SMILES string of the molecule is COc1ccc(N2CC(C(=O)NCc3nc(C)cc(N4CCCC4)n3)CC2=O)cc1. The summed E-state index contributed by atoms with van der Waals surface area (Å²) in [5, 5.41) is 2.92. The van der Waals surface area contributed by atoms with Crippen LogP contribution in [0.4, 0.5) is 11.5 Å². The fourth-order valence-corrected chi connectivity index (χ4v) is 4.00. The summed E-state index contributed by atoms with van der Waals surface area (Å²) in [4.78, 5) is 38.1. The van der Waals surface area contributed by atoms with Crippen molar-refractivity contribution < 1.29 is 14.3 Å². The number of amides is 2. The molecule has 1 N–H and O–H groups in total. The number of rotatable bonds is 6.